The lowest BCUT2D eigenvalue weighted by Gasteiger charge is -2.19. The van der Waals surface area contributed by atoms with Crippen LogP contribution in [-0.4, -0.2) is 12.9 Å². The zero-order chi connectivity index (χ0) is 28.5. The van der Waals surface area contributed by atoms with E-state index in [2.05, 4.69) is 109 Å². The second-order valence-corrected chi connectivity index (χ2v) is 10.4. The molecule has 0 amide bonds. The van der Waals surface area contributed by atoms with Crippen molar-refractivity contribution in [3.05, 3.63) is 163 Å². The summed E-state index contributed by atoms with van der Waals surface area (Å²) in [5, 5.41) is 4.82. The molecule has 200 valence electrons. The van der Waals surface area contributed by atoms with E-state index in [0.29, 0.717) is 16.9 Å². The molecule has 7 aromatic carbocycles. The Balaban J connectivity index is 1.47. The molecule has 0 radical (unpaired) electrons. The van der Waals surface area contributed by atoms with Gasteiger partial charge in [0, 0.05) is 5.56 Å². The molecular formula is C40H28O2. The minimum absolute atomic E-state index is 0.0579. The van der Waals surface area contributed by atoms with Crippen molar-refractivity contribution in [3.63, 3.8) is 0 Å². The van der Waals surface area contributed by atoms with Gasteiger partial charge in [-0.1, -0.05) is 127 Å². The number of rotatable bonds is 6. The van der Waals surface area contributed by atoms with Crippen molar-refractivity contribution >= 4 is 27.3 Å². The summed E-state index contributed by atoms with van der Waals surface area (Å²) in [7, 11) is 1.59. The topological polar surface area (TPSA) is 26.3 Å². The highest BCUT2D eigenvalue weighted by atomic mass is 16.5. The number of methoxy groups -OCH3 is 1. The first-order valence-corrected chi connectivity index (χ1v) is 14.1. The largest absolute Gasteiger partial charge is 0.496 e. The Bertz CT molecular complexity index is 2080. The van der Waals surface area contributed by atoms with Gasteiger partial charge in [-0.2, -0.15) is 0 Å². The lowest BCUT2D eigenvalue weighted by atomic mass is 9.85. The first-order chi connectivity index (χ1) is 20.7. The maximum absolute atomic E-state index is 13.5. The average molecular weight is 541 g/mol. The summed E-state index contributed by atoms with van der Waals surface area (Å²) in [6.45, 7) is 0. The standard InChI is InChI=1S/C40H28O2/c1-42-37-22-11-10-21-35(37)40(41)31-18-12-17-29(25-31)30-23-24-34-36(26-30)39(28-15-6-3-7-16-28)33-20-9-8-19-32(33)38(34)27-13-4-2-5-14-27/h2-26H,1H3. The van der Waals surface area contributed by atoms with Gasteiger partial charge in [-0.3, -0.25) is 4.79 Å². The molecule has 0 heterocycles. The van der Waals surface area contributed by atoms with Gasteiger partial charge in [0.1, 0.15) is 5.75 Å². The fourth-order valence-corrected chi connectivity index (χ4v) is 6.02. The molecule has 0 fully saturated rings. The summed E-state index contributed by atoms with van der Waals surface area (Å²) in [6.07, 6.45) is 0. The third-order valence-electron chi connectivity index (χ3n) is 7.96. The highest BCUT2D eigenvalue weighted by Gasteiger charge is 2.18. The van der Waals surface area contributed by atoms with Gasteiger partial charge in [0.15, 0.2) is 5.78 Å². The van der Waals surface area contributed by atoms with Gasteiger partial charge in [0.05, 0.1) is 12.7 Å². The summed E-state index contributed by atoms with van der Waals surface area (Å²) >= 11 is 0. The summed E-state index contributed by atoms with van der Waals surface area (Å²) < 4.78 is 5.47. The van der Waals surface area contributed by atoms with Crippen molar-refractivity contribution in [1.82, 2.24) is 0 Å². The normalized spacial score (nSPS) is 11.1. The molecule has 0 N–H and O–H groups in total. The van der Waals surface area contributed by atoms with Gasteiger partial charge in [-0.25, -0.2) is 0 Å². The number of para-hydroxylation sites is 1. The number of carbonyl (C=O) groups excluding carboxylic acids is 1. The number of benzene rings is 7. The van der Waals surface area contributed by atoms with E-state index >= 15 is 0 Å². The van der Waals surface area contributed by atoms with E-state index in [1.807, 2.05) is 42.5 Å². The minimum atomic E-state index is -0.0579. The molecular weight excluding hydrogens is 512 g/mol. The monoisotopic (exact) mass is 540 g/mol. The SMILES string of the molecule is COc1ccccc1C(=O)c1cccc(-c2ccc3c(-c4ccccc4)c4ccccc4c(-c4ccccc4)c3c2)c1. The second-order valence-electron chi connectivity index (χ2n) is 10.4. The third kappa shape index (κ3) is 4.44. The van der Waals surface area contributed by atoms with Gasteiger partial charge < -0.3 is 4.74 Å². The van der Waals surface area contributed by atoms with E-state index in [-0.39, 0.29) is 5.78 Å². The zero-order valence-corrected chi connectivity index (χ0v) is 23.3. The van der Waals surface area contributed by atoms with E-state index < -0.39 is 0 Å². The predicted molar refractivity (Wildman–Crippen MR) is 174 cm³/mol. The van der Waals surface area contributed by atoms with Crippen molar-refractivity contribution in [2.45, 2.75) is 0 Å². The molecule has 42 heavy (non-hydrogen) atoms. The van der Waals surface area contributed by atoms with E-state index in [1.54, 1.807) is 7.11 Å². The first kappa shape index (κ1) is 25.5. The quantitative estimate of drug-likeness (QED) is 0.155. The van der Waals surface area contributed by atoms with Gasteiger partial charge in [0.25, 0.3) is 0 Å². The zero-order valence-electron chi connectivity index (χ0n) is 23.3. The smallest absolute Gasteiger partial charge is 0.196 e. The fourth-order valence-electron chi connectivity index (χ4n) is 6.02. The highest BCUT2D eigenvalue weighted by molar-refractivity contribution is 6.22. The second kappa shape index (κ2) is 10.8. The van der Waals surface area contributed by atoms with Crippen LogP contribution in [0, 0.1) is 0 Å². The van der Waals surface area contributed by atoms with Gasteiger partial charge >= 0.3 is 0 Å². The molecule has 0 saturated heterocycles. The van der Waals surface area contributed by atoms with Gasteiger partial charge in [-0.05, 0) is 79.2 Å². The van der Waals surface area contributed by atoms with E-state index in [4.69, 9.17) is 4.74 Å². The van der Waals surface area contributed by atoms with Crippen LogP contribution in [0.4, 0.5) is 0 Å². The third-order valence-corrected chi connectivity index (χ3v) is 7.96. The summed E-state index contributed by atoms with van der Waals surface area (Å²) in [5.74, 6) is 0.517. The van der Waals surface area contributed by atoms with Crippen molar-refractivity contribution in [2.24, 2.45) is 0 Å². The van der Waals surface area contributed by atoms with E-state index in [9.17, 15) is 4.79 Å². The Morgan fingerprint density at radius 1 is 0.452 bits per heavy atom. The summed E-state index contributed by atoms with van der Waals surface area (Å²) in [4.78, 5) is 13.5. The molecule has 0 atom stereocenters. The van der Waals surface area contributed by atoms with Crippen molar-refractivity contribution in [1.29, 1.82) is 0 Å². The Labute approximate surface area is 245 Å². The fraction of sp³-hybridized carbons (Fsp3) is 0.0250. The van der Waals surface area contributed by atoms with Crippen LogP contribution < -0.4 is 4.74 Å². The molecule has 0 spiro atoms. The molecule has 7 aromatic rings. The number of carbonyl (C=O) groups is 1. The lowest BCUT2D eigenvalue weighted by Crippen LogP contribution is -2.04. The van der Waals surface area contributed by atoms with Crippen LogP contribution in [0.5, 0.6) is 5.75 Å². The molecule has 2 nitrogen and oxygen atoms in total. The number of hydrogen-bond donors (Lipinski definition) is 0. The Morgan fingerprint density at radius 3 is 1.64 bits per heavy atom. The van der Waals surface area contributed by atoms with Crippen LogP contribution in [-0.2, 0) is 0 Å². The molecule has 0 saturated carbocycles. The predicted octanol–water partition coefficient (Wildman–Crippen LogP) is 10.2. The minimum Gasteiger partial charge on any atom is -0.496 e. The summed E-state index contributed by atoms with van der Waals surface area (Å²) in [5.41, 5.74) is 8.04. The lowest BCUT2D eigenvalue weighted by molar-refractivity contribution is 0.103. The summed E-state index contributed by atoms with van der Waals surface area (Å²) in [6, 6.07) is 51.9. The Kier molecular flexibility index (Phi) is 6.58. The molecule has 0 aliphatic rings. The van der Waals surface area contributed by atoms with E-state index in [0.717, 1.165) is 11.1 Å². The molecule has 0 aliphatic heterocycles. The van der Waals surface area contributed by atoms with Crippen molar-refractivity contribution in [3.8, 4) is 39.1 Å². The van der Waals surface area contributed by atoms with Crippen LogP contribution >= 0.6 is 0 Å². The molecule has 0 unspecified atom stereocenters. The first-order valence-electron chi connectivity index (χ1n) is 14.1. The van der Waals surface area contributed by atoms with Crippen LogP contribution in [0.15, 0.2) is 152 Å². The maximum atomic E-state index is 13.5. The van der Waals surface area contributed by atoms with Crippen LogP contribution in [0.2, 0.25) is 0 Å². The van der Waals surface area contributed by atoms with Crippen molar-refractivity contribution in [2.75, 3.05) is 7.11 Å². The van der Waals surface area contributed by atoms with Crippen LogP contribution in [0.25, 0.3) is 54.9 Å². The van der Waals surface area contributed by atoms with Crippen LogP contribution in [0.3, 0.4) is 0 Å². The maximum Gasteiger partial charge on any atom is 0.196 e. The molecule has 0 aromatic heterocycles. The Hall–Kier alpha value is -5.47. The number of ether oxygens (including phenoxy) is 1. The van der Waals surface area contributed by atoms with Gasteiger partial charge in [-0.15, -0.1) is 0 Å². The van der Waals surface area contributed by atoms with Crippen molar-refractivity contribution < 1.29 is 9.53 Å². The number of ketones is 1. The average Bonchev–Trinajstić information content (AvgIpc) is 3.07. The Morgan fingerprint density at radius 2 is 0.976 bits per heavy atom. The highest BCUT2D eigenvalue weighted by Crippen LogP contribution is 2.44. The molecule has 2 heteroatoms. The molecule has 0 bridgehead atoms. The van der Waals surface area contributed by atoms with E-state index in [1.165, 1.54) is 43.8 Å². The van der Waals surface area contributed by atoms with Gasteiger partial charge in [0.2, 0.25) is 0 Å². The molecule has 7 rings (SSSR count). The number of hydrogen-bond acceptors (Lipinski definition) is 2. The number of fused-ring (bicyclic) bond motifs is 2. The molecule has 0 aliphatic carbocycles. The van der Waals surface area contributed by atoms with Crippen LogP contribution in [0.1, 0.15) is 15.9 Å².